The van der Waals surface area contributed by atoms with Crippen molar-refractivity contribution in [3.63, 3.8) is 0 Å². The van der Waals surface area contributed by atoms with Gasteiger partial charge in [-0.15, -0.1) is 24.0 Å². The Morgan fingerprint density at radius 3 is 2.72 bits per heavy atom. The van der Waals surface area contributed by atoms with E-state index < -0.39 is 0 Å². The van der Waals surface area contributed by atoms with Gasteiger partial charge in [0.1, 0.15) is 0 Å². The number of rotatable bonds is 5. The molecule has 2 fully saturated rings. The molecule has 0 aromatic carbocycles. The van der Waals surface area contributed by atoms with Crippen molar-refractivity contribution in [2.45, 2.75) is 44.8 Å². The maximum atomic E-state index is 4.69. The van der Waals surface area contributed by atoms with Gasteiger partial charge >= 0.3 is 0 Å². The number of hydrogen-bond donors (Lipinski definition) is 2. The van der Waals surface area contributed by atoms with Crippen LogP contribution in [-0.4, -0.2) is 36.6 Å². The third-order valence-electron chi connectivity index (χ3n) is 3.59. The van der Waals surface area contributed by atoms with E-state index in [1.54, 1.807) is 0 Å². The van der Waals surface area contributed by atoms with E-state index in [4.69, 9.17) is 4.99 Å². The first-order chi connectivity index (χ1) is 8.22. The number of aliphatic imine (C=N–C) groups is 1. The molecule has 1 atom stereocenters. The number of nitrogens with one attached hydrogen (secondary N) is 2. The second-order valence-electron chi connectivity index (χ2n) is 5.52. The minimum absolute atomic E-state index is 0. The first-order valence-electron chi connectivity index (χ1n) is 6.86. The second kappa shape index (κ2) is 7.82. The predicted molar refractivity (Wildman–Crippen MR) is 92.2 cm³/mol. The van der Waals surface area contributed by atoms with Gasteiger partial charge in [0, 0.05) is 24.9 Å². The van der Waals surface area contributed by atoms with Crippen molar-refractivity contribution in [1.29, 1.82) is 0 Å². The molecule has 1 heterocycles. The molecule has 18 heavy (non-hydrogen) atoms. The molecule has 5 heteroatoms. The molecular weight excluding hydrogens is 357 g/mol. The van der Waals surface area contributed by atoms with E-state index in [9.17, 15) is 0 Å². The number of halogens is 1. The fraction of sp³-hybridized carbons (Fsp3) is 0.923. The van der Waals surface area contributed by atoms with Gasteiger partial charge in [-0.25, -0.2) is 0 Å². The van der Waals surface area contributed by atoms with E-state index in [-0.39, 0.29) is 24.0 Å². The molecule has 2 N–H and O–H groups in total. The summed E-state index contributed by atoms with van der Waals surface area (Å²) in [6.45, 7) is 7.43. The smallest absolute Gasteiger partial charge is 0.191 e. The highest BCUT2D eigenvalue weighted by Crippen LogP contribution is 2.44. The van der Waals surface area contributed by atoms with Crippen LogP contribution < -0.4 is 10.6 Å². The lowest BCUT2D eigenvalue weighted by atomic mass is 10.1. The van der Waals surface area contributed by atoms with Gasteiger partial charge in [-0.2, -0.15) is 11.8 Å². The summed E-state index contributed by atoms with van der Waals surface area (Å²) in [4.78, 5) is 4.69. The van der Waals surface area contributed by atoms with Crippen LogP contribution in [-0.2, 0) is 0 Å². The van der Waals surface area contributed by atoms with Crippen LogP contribution in [0.3, 0.4) is 0 Å². The summed E-state index contributed by atoms with van der Waals surface area (Å²) in [5.41, 5.74) is 0.504. The summed E-state index contributed by atoms with van der Waals surface area (Å²) in [5, 5.41) is 7.60. The van der Waals surface area contributed by atoms with Gasteiger partial charge in [-0.3, -0.25) is 4.99 Å². The van der Waals surface area contributed by atoms with Crippen molar-refractivity contribution in [2.75, 3.05) is 25.4 Å². The third-order valence-corrected chi connectivity index (χ3v) is 4.99. The molecule has 1 saturated carbocycles. The Balaban J connectivity index is 0.00000162. The molecule has 1 aliphatic heterocycles. The fourth-order valence-corrected chi connectivity index (χ4v) is 3.20. The zero-order chi connectivity index (χ0) is 12.1. The molecule has 106 valence electrons. The Bertz CT molecular complexity index is 273. The third kappa shape index (κ3) is 5.55. The van der Waals surface area contributed by atoms with Gasteiger partial charge in [0.2, 0.25) is 0 Å². The summed E-state index contributed by atoms with van der Waals surface area (Å²) in [7, 11) is 0. The fourth-order valence-electron chi connectivity index (χ4n) is 2.00. The molecule has 0 bridgehead atoms. The molecular formula is C13H26IN3S. The van der Waals surface area contributed by atoms with E-state index in [0.29, 0.717) is 5.41 Å². The van der Waals surface area contributed by atoms with Crippen molar-refractivity contribution >= 4 is 41.7 Å². The van der Waals surface area contributed by atoms with Crippen molar-refractivity contribution in [3.05, 3.63) is 0 Å². The molecule has 2 aliphatic rings. The van der Waals surface area contributed by atoms with Crippen LogP contribution in [0.4, 0.5) is 0 Å². The monoisotopic (exact) mass is 383 g/mol. The molecule has 0 aromatic heterocycles. The predicted octanol–water partition coefficient (Wildman–Crippen LogP) is 2.86. The van der Waals surface area contributed by atoms with Crippen molar-refractivity contribution in [3.8, 4) is 0 Å². The maximum absolute atomic E-state index is 4.69. The second-order valence-corrected chi connectivity index (χ2v) is 6.93. The highest BCUT2D eigenvalue weighted by Gasteiger charge is 2.36. The van der Waals surface area contributed by atoms with Gasteiger partial charge in [-0.1, -0.05) is 6.92 Å². The average molecular weight is 383 g/mol. The standard InChI is InChI=1S/C13H25N3S.HI/c1-3-14-12(16-10-13(2)6-7-13)15-9-11-5-4-8-17-11;/h11H,3-10H2,1-2H3,(H2,14,15,16);1H. The Labute approximate surface area is 132 Å². The molecule has 2 rings (SSSR count). The summed E-state index contributed by atoms with van der Waals surface area (Å²) < 4.78 is 0. The van der Waals surface area contributed by atoms with Crippen LogP contribution in [0.2, 0.25) is 0 Å². The van der Waals surface area contributed by atoms with Crippen LogP contribution in [0.15, 0.2) is 4.99 Å². The maximum Gasteiger partial charge on any atom is 0.191 e. The number of guanidine groups is 1. The topological polar surface area (TPSA) is 36.4 Å². The highest BCUT2D eigenvalue weighted by molar-refractivity contribution is 14.0. The SMILES string of the molecule is CCNC(=NCC1(C)CC1)NCC1CCCS1.I. The average Bonchev–Trinajstić information content (AvgIpc) is 2.85. The first kappa shape index (κ1) is 16.4. The zero-order valence-corrected chi connectivity index (χ0v) is 14.6. The molecule has 0 radical (unpaired) electrons. The molecule has 1 saturated heterocycles. The zero-order valence-electron chi connectivity index (χ0n) is 11.5. The molecule has 0 spiro atoms. The lowest BCUT2D eigenvalue weighted by Crippen LogP contribution is -2.40. The lowest BCUT2D eigenvalue weighted by Gasteiger charge is -2.15. The summed E-state index contributed by atoms with van der Waals surface area (Å²) in [5.74, 6) is 2.34. The van der Waals surface area contributed by atoms with E-state index in [1.807, 2.05) is 0 Å². The van der Waals surface area contributed by atoms with Crippen molar-refractivity contribution in [1.82, 2.24) is 10.6 Å². The van der Waals surface area contributed by atoms with Crippen LogP contribution in [0, 0.1) is 5.41 Å². The lowest BCUT2D eigenvalue weighted by molar-refractivity contribution is 0.584. The van der Waals surface area contributed by atoms with E-state index in [0.717, 1.165) is 30.8 Å². The van der Waals surface area contributed by atoms with Crippen molar-refractivity contribution < 1.29 is 0 Å². The summed E-state index contributed by atoms with van der Waals surface area (Å²) in [6.07, 6.45) is 5.42. The van der Waals surface area contributed by atoms with Gasteiger partial charge in [0.25, 0.3) is 0 Å². The van der Waals surface area contributed by atoms with Gasteiger partial charge in [-0.05, 0) is 43.8 Å². The minimum atomic E-state index is 0. The van der Waals surface area contributed by atoms with Crippen molar-refractivity contribution in [2.24, 2.45) is 10.4 Å². The van der Waals surface area contributed by atoms with Gasteiger partial charge < -0.3 is 10.6 Å². The number of nitrogens with zero attached hydrogens (tertiary/aromatic N) is 1. The number of hydrogen-bond acceptors (Lipinski definition) is 2. The Kier molecular flexibility index (Phi) is 7.13. The largest absolute Gasteiger partial charge is 0.357 e. The van der Waals surface area contributed by atoms with Crippen LogP contribution in [0.25, 0.3) is 0 Å². The highest BCUT2D eigenvalue weighted by atomic mass is 127. The molecule has 0 aromatic rings. The molecule has 3 nitrogen and oxygen atoms in total. The van der Waals surface area contributed by atoms with Gasteiger partial charge in [0.05, 0.1) is 0 Å². The Morgan fingerprint density at radius 1 is 1.39 bits per heavy atom. The van der Waals surface area contributed by atoms with Crippen LogP contribution >= 0.6 is 35.7 Å². The molecule has 0 amide bonds. The van der Waals surface area contributed by atoms with Gasteiger partial charge in [0.15, 0.2) is 5.96 Å². The summed E-state index contributed by atoms with van der Waals surface area (Å²) >= 11 is 2.09. The quantitative estimate of drug-likeness (QED) is 0.436. The van der Waals surface area contributed by atoms with Crippen LogP contribution in [0.1, 0.15) is 39.5 Å². The minimum Gasteiger partial charge on any atom is -0.357 e. The van der Waals surface area contributed by atoms with Crippen LogP contribution in [0.5, 0.6) is 0 Å². The Hall–Kier alpha value is 0.350. The number of thioether (sulfide) groups is 1. The first-order valence-corrected chi connectivity index (χ1v) is 7.90. The van der Waals surface area contributed by atoms with E-state index in [1.165, 1.54) is 31.4 Å². The Morgan fingerprint density at radius 2 is 2.17 bits per heavy atom. The summed E-state index contributed by atoms with van der Waals surface area (Å²) in [6, 6.07) is 0. The van der Waals surface area contributed by atoms with E-state index >= 15 is 0 Å². The molecule has 1 aliphatic carbocycles. The normalized spacial score (nSPS) is 25.4. The molecule has 1 unspecified atom stereocenters. The van der Waals surface area contributed by atoms with E-state index in [2.05, 4.69) is 36.2 Å².